The van der Waals surface area contributed by atoms with E-state index in [0.29, 0.717) is 5.75 Å². The molecule has 2 rings (SSSR count). The van der Waals surface area contributed by atoms with Gasteiger partial charge >= 0.3 is 0 Å². The van der Waals surface area contributed by atoms with E-state index in [1.807, 2.05) is 6.92 Å². The number of hydrogen-bond donors (Lipinski definition) is 2. The molecule has 0 spiro atoms. The van der Waals surface area contributed by atoms with Crippen LogP contribution in [0.25, 0.3) is 0 Å². The molecule has 0 radical (unpaired) electrons. The summed E-state index contributed by atoms with van der Waals surface area (Å²) in [6.45, 7) is 1.86. The highest BCUT2D eigenvalue weighted by molar-refractivity contribution is 7.92. The molecular weight excluding hydrogens is 280 g/mol. The largest absolute Gasteiger partial charge is 0.495 e. The van der Waals surface area contributed by atoms with Crippen LogP contribution in [0.1, 0.15) is 5.56 Å². The van der Waals surface area contributed by atoms with Gasteiger partial charge < -0.3 is 9.72 Å². The molecule has 20 heavy (non-hydrogen) atoms. The summed E-state index contributed by atoms with van der Waals surface area (Å²) >= 11 is 0. The van der Waals surface area contributed by atoms with Crippen LogP contribution >= 0.6 is 0 Å². The quantitative estimate of drug-likeness (QED) is 0.894. The summed E-state index contributed by atoms with van der Waals surface area (Å²) in [7, 11) is -2.52. The third kappa shape index (κ3) is 2.83. The van der Waals surface area contributed by atoms with Gasteiger partial charge in [0.25, 0.3) is 10.0 Å². The van der Waals surface area contributed by atoms with Gasteiger partial charge in [0.1, 0.15) is 5.75 Å². The van der Waals surface area contributed by atoms with Crippen molar-refractivity contribution in [2.24, 2.45) is 0 Å². The lowest BCUT2D eigenvalue weighted by Crippen LogP contribution is -2.21. The van der Waals surface area contributed by atoms with Gasteiger partial charge in [-0.3, -0.25) is 9.52 Å². The minimum Gasteiger partial charge on any atom is -0.495 e. The summed E-state index contributed by atoms with van der Waals surface area (Å²) in [6.07, 6.45) is 2.51. The topological polar surface area (TPSA) is 88.3 Å². The fourth-order valence-corrected chi connectivity index (χ4v) is 2.82. The minimum absolute atomic E-state index is 0.279. The molecule has 0 amide bonds. The average molecular weight is 294 g/mol. The van der Waals surface area contributed by atoms with E-state index in [4.69, 9.17) is 4.74 Å². The van der Waals surface area contributed by atoms with Gasteiger partial charge in [0.05, 0.1) is 12.8 Å². The Morgan fingerprint density at radius 2 is 2.00 bits per heavy atom. The maximum absolute atomic E-state index is 12.2. The Morgan fingerprint density at radius 1 is 1.25 bits per heavy atom. The summed E-state index contributed by atoms with van der Waals surface area (Å²) in [4.78, 5) is 13.8. The van der Waals surface area contributed by atoms with E-state index < -0.39 is 15.5 Å². The first-order chi connectivity index (χ1) is 9.44. The number of aromatic amines is 1. The molecule has 0 saturated carbocycles. The fourth-order valence-electron chi connectivity index (χ4n) is 1.69. The normalized spacial score (nSPS) is 11.1. The van der Waals surface area contributed by atoms with Crippen LogP contribution in [0.4, 0.5) is 5.69 Å². The van der Waals surface area contributed by atoms with Crippen LogP contribution in [-0.4, -0.2) is 20.5 Å². The van der Waals surface area contributed by atoms with E-state index in [9.17, 15) is 13.2 Å². The highest BCUT2D eigenvalue weighted by Gasteiger charge is 2.19. The molecule has 0 aliphatic rings. The molecule has 7 heteroatoms. The van der Waals surface area contributed by atoms with Crippen LogP contribution < -0.4 is 14.9 Å². The van der Waals surface area contributed by atoms with Crippen LogP contribution in [0.5, 0.6) is 5.75 Å². The van der Waals surface area contributed by atoms with Crippen molar-refractivity contribution < 1.29 is 13.2 Å². The van der Waals surface area contributed by atoms with Gasteiger partial charge in [0.15, 0.2) is 4.90 Å². The molecule has 0 bridgehead atoms. The first-order valence-electron chi connectivity index (χ1n) is 5.78. The molecule has 0 fully saturated rings. The Balaban J connectivity index is 2.44. The van der Waals surface area contributed by atoms with Gasteiger partial charge in [-0.2, -0.15) is 0 Å². The zero-order valence-corrected chi connectivity index (χ0v) is 11.8. The number of rotatable bonds is 4. The highest BCUT2D eigenvalue weighted by Crippen LogP contribution is 2.27. The van der Waals surface area contributed by atoms with Crippen LogP contribution in [-0.2, 0) is 10.0 Å². The molecule has 2 aromatic rings. The molecule has 1 aromatic carbocycles. The lowest BCUT2D eigenvalue weighted by atomic mass is 10.2. The van der Waals surface area contributed by atoms with E-state index in [1.54, 1.807) is 18.2 Å². The summed E-state index contributed by atoms with van der Waals surface area (Å²) < 4.78 is 31.9. The van der Waals surface area contributed by atoms with Gasteiger partial charge in [-0.1, -0.05) is 6.07 Å². The maximum atomic E-state index is 12.2. The van der Waals surface area contributed by atoms with Crippen molar-refractivity contribution >= 4 is 15.7 Å². The number of anilines is 1. The molecule has 2 N–H and O–H groups in total. The second-order valence-electron chi connectivity index (χ2n) is 4.18. The van der Waals surface area contributed by atoms with Crippen molar-refractivity contribution in [3.8, 4) is 5.75 Å². The van der Waals surface area contributed by atoms with Crippen molar-refractivity contribution in [1.29, 1.82) is 0 Å². The van der Waals surface area contributed by atoms with E-state index in [0.717, 1.165) is 17.8 Å². The molecule has 0 atom stereocenters. The highest BCUT2D eigenvalue weighted by atomic mass is 32.2. The molecule has 0 aliphatic heterocycles. The van der Waals surface area contributed by atoms with Crippen LogP contribution in [0, 0.1) is 6.92 Å². The number of aryl methyl sites for hydroxylation is 1. The minimum atomic E-state index is -3.96. The smallest absolute Gasteiger partial charge is 0.267 e. The predicted octanol–water partition coefficient (Wildman–Crippen LogP) is 1.49. The lowest BCUT2D eigenvalue weighted by molar-refractivity contribution is 0.416. The predicted molar refractivity (Wildman–Crippen MR) is 75.6 cm³/mol. The number of ether oxygens (including phenoxy) is 1. The van der Waals surface area contributed by atoms with Crippen LogP contribution in [0.3, 0.4) is 0 Å². The number of H-pyrrole nitrogens is 1. The van der Waals surface area contributed by atoms with E-state index in [-0.39, 0.29) is 10.6 Å². The number of methoxy groups -OCH3 is 1. The van der Waals surface area contributed by atoms with Crippen LogP contribution in [0.2, 0.25) is 0 Å². The Kier molecular flexibility index (Phi) is 3.80. The van der Waals surface area contributed by atoms with Crippen molar-refractivity contribution in [3.05, 3.63) is 52.4 Å². The summed E-state index contributed by atoms with van der Waals surface area (Å²) in [5.74, 6) is 0.390. The van der Waals surface area contributed by atoms with Gasteiger partial charge in [-0.05, 0) is 24.6 Å². The zero-order chi connectivity index (χ0) is 14.8. The average Bonchev–Trinajstić information content (AvgIpc) is 2.41. The summed E-state index contributed by atoms with van der Waals surface area (Å²) in [6, 6.07) is 6.19. The van der Waals surface area contributed by atoms with Crippen molar-refractivity contribution in [2.75, 3.05) is 11.8 Å². The Morgan fingerprint density at radius 3 is 2.65 bits per heavy atom. The molecule has 0 unspecified atom stereocenters. The Labute approximate surface area is 116 Å². The van der Waals surface area contributed by atoms with Crippen LogP contribution in [0.15, 0.2) is 46.3 Å². The van der Waals surface area contributed by atoms with Crippen molar-refractivity contribution in [3.63, 3.8) is 0 Å². The van der Waals surface area contributed by atoms with Gasteiger partial charge in [0, 0.05) is 18.5 Å². The Hall–Kier alpha value is -2.28. The van der Waals surface area contributed by atoms with Gasteiger partial charge in [0.2, 0.25) is 5.43 Å². The second kappa shape index (κ2) is 5.38. The lowest BCUT2D eigenvalue weighted by Gasteiger charge is -2.12. The monoisotopic (exact) mass is 294 g/mol. The van der Waals surface area contributed by atoms with Gasteiger partial charge in [-0.15, -0.1) is 0 Å². The fraction of sp³-hybridized carbons (Fsp3) is 0.154. The number of hydrogen-bond acceptors (Lipinski definition) is 4. The molecule has 0 saturated heterocycles. The number of aromatic nitrogens is 1. The second-order valence-corrected chi connectivity index (χ2v) is 5.83. The molecular formula is C13H14N2O4S. The number of benzene rings is 1. The Bertz CT molecular complexity index is 781. The van der Waals surface area contributed by atoms with E-state index >= 15 is 0 Å². The van der Waals surface area contributed by atoms with Gasteiger partial charge in [-0.25, -0.2) is 8.42 Å². The zero-order valence-electron chi connectivity index (χ0n) is 11.0. The first-order valence-corrected chi connectivity index (χ1v) is 7.27. The first kappa shape index (κ1) is 14.1. The van der Waals surface area contributed by atoms with Crippen molar-refractivity contribution in [2.45, 2.75) is 11.8 Å². The third-order valence-corrected chi connectivity index (χ3v) is 4.07. The number of pyridine rings is 1. The van der Waals surface area contributed by atoms with E-state index in [1.165, 1.54) is 13.3 Å². The number of sulfonamides is 1. The third-order valence-electron chi connectivity index (χ3n) is 2.68. The van der Waals surface area contributed by atoms with E-state index in [2.05, 4.69) is 9.71 Å². The number of nitrogens with one attached hydrogen (secondary N) is 2. The SMILES string of the molecule is COc1cc(C)ccc1NS(=O)(=O)c1c[nH]ccc1=O. The molecule has 106 valence electrons. The van der Waals surface area contributed by atoms with Crippen molar-refractivity contribution in [1.82, 2.24) is 4.98 Å². The summed E-state index contributed by atoms with van der Waals surface area (Å²) in [5.41, 5.74) is 0.631. The molecule has 1 aromatic heterocycles. The summed E-state index contributed by atoms with van der Waals surface area (Å²) in [5, 5.41) is 0. The molecule has 6 nitrogen and oxygen atoms in total. The maximum Gasteiger partial charge on any atom is 0.267 e. The molecule has 1 heterocycles. The molecule has 0 aliphatic carbocycles. The standard InChI is InChI=1S/C13H14N2O4S/c1-9-3-4-10(12(7-9)19-2)15-20(17,18)13-8-14-6-5-11(13)16/h3-8,15H,1-2H3,(H,14,16).